The number of methoxy groups -OCH3 is 1. The van der Waals surface area contributed by atoms with Gasteiger partial charge in [0.15, 0.2) is 5.69 Å². The maximum Gasteiger partial charge on any atom is 0.177 e. The normalized spacial score (nSPS) is 10.3. The summed E-state index contributed by atoms with van der Waals surface area (Å²) in [6.45, 7) is 2.10. The molecule has 19 heavy (non-hydrogen) atoms. The summed E-state index contributed by atoms with van der Waals surface area (Å²) in [6, 6.07) is 8.13. The predicted octanol–water partition coefficient (Wildman–Crippen LogP) is 3.29. The minimum Gasteiger partial charge on any atom is -0.496 e. The van der Waals surface area contributed by atoms with Crippen molar-refractivity contribution in [2.24, 2.45) is 7.05 Å². The van der Waals surface area contributed by atoms with E-state index in [4.69, 9.17) is 10.00 Å². The molecule has 0 aliphatic rings. The second-order valence-electron chi connectivity index (χ2n) is 4.13. The lowest BCUT2D eigenvalue weighted by molar-refractivity contribution is 0.416. The van der Waals surface area contributed by atoms with Crippen molar-refractivity contribution in [2.45, 2.75) is 13.3 Å². The van der Waals surface area contributed by atoms with Crippen LogP contribution in [0.2, 0.25) is 0 Å². The van der Waals surface area contributed by atoms with E-state index < -0.39 is 0 Å². The number of hydrogen-bond acceptors (Lipinski definition) is 3. The number of nitriles is 1. The van der Waals surface area contributed by atoms with Crippen molar-refractivity contribution < 1.29 is 4.74 Å². The molecule has 1 aromatic heterocycles. The fourth-order valence-corrected chi connectivity index (χ4v) is 2.66. The van der Waals surface area contributed by atoms with Gasteiger partial charge in [-0.2, -0.15) is 10.4 Å². The average molecular weight is 320 g/mol. The molecule has 0 aliphatic heterocycles. The number of halogens is 1. The lowest BCUT2D eigenvalue weighted by Gasteiger charge is -2.11. The predicted molar refractivity (Wildman–Crippen MR) is 77.0 cm³/mol. The van der Waals surface area contributed by atoms with Crippen molar-refractivity contribution in [3.05, 3.63) is 33.9 Å². The zero-order chi connectivity index (χ0) is 14.0. The van der Waals surface area contributed by atoms with Crippen molar-refractivity contribution >= 4 is 15.9 Å². The first kappa shape index (κ1) is 13.6. The molecular formula is C14H14BrN3O. The molecule has 0 spiro atoms. The van der Waals surface area contributed by atoms with Gasteiger partial charge in [0.05, 0.1) is 17.3 Å². The van der Waals surface area contributed by atoms with E-state index in [-0.39, 0.29) is 0 Å². The summed E-state index contributed by atoms with van der Waals surface area (Å²) in [5, 5.41) is 13.2. The molecule has 1 heterocycles. The van der Waals surface area contributed by atoms with Crippen LogP contribution in [0.3, 0.4) is 0 Å². The molecule has 0 bridgehead atoms. The summed E-state index contributed by atoms with van der Waals surface area (Å²) in [6.07, 6.45) is 0.942. The molecule has 0 saturated carbocycles. The van der Waals surface area contributed by atoms with Gasteiger partial charge in [-0.3, -0.25) is 4.68 Å². The maximum atomic E-state index is 9.04. The summed E-state index contributed by atoms with van der Waals surface area (Å²) >= 11 is 3.45. The van der Waals surface area contributed by atoms with Gasteiger partial charge in [-0.1, -0.05) is 13.0 Å². The van der Waals surface area contributed by atoms with Gasteiger partial charge in [-0.15, -0.1) is 0 Å². The Morgan fingerprint density at radius 2 is 2.21 bits per heavy atom. The lowest BCUT2D eigenvalue weighted by Crippen LogP contribution is -1.97. The highest BCUT2D eigenvalue weighted by Gasteiger charge is 2.18. The Morgan fingerprint density at radius 1 is 1.47 bits per heavy atom. The minimum absolute atomic E-state index is 0.376. The third-order valence-electron chi connectivity index (χ3n) is 3.02. The molecular weight excluding hydrogens is 306 g/mol. The first-order chi connectivity index (χ1) is 9.12. The van der Waals surface area contributed by atoms with Gasteiger partial charge >= 0.3 is 0 Å². The van der Waals surface area contributed by atoms with Gasteiger partial charge in [0.25, 0.3) is 0 Å². The fourth-order valence-electron chi connectivity index (χ4n) is 2.02. The van der Waals surface area contributed by atoms with E-state index in [1.807, 2.05) is 19.2 Å². The molecule has 2 rings (SSSR count). The zero-order valence-corrected chi connectivity index (χ0v) is 12.7. The Balaban J connectivity index is 2.71. The number of nitrogens with zero attached hydrogens (tertiary/aromatic N) is 3. The van der Waals surface area contributed by atoms with Gasteiger partial charge < -0.3 is 4.74 Å². The molecule has 98 valence electrons. The molecule has 2 aromatic rings. The molecule has 0 fully saturated rings. The van der Waals surface area contributed by atoms with Crippen molar-refractivity contribution in [3.8, 4) is 23.1 Å². The van der Waals surface area contributed by atoms with Gasteiger partial charge in [0.1, 0.15) is 11.8 Å². The van der Waals surface area contributed by atoms with Crippen molar-refractivity contribution in [1.82, 2.24) is 9.78 Å². The lowest BCUT2D eigenvalue weighted by atomic mass is 10.0. The molecule has 4 nitrogen and oxygen atoms in total. The highest BCUT2D eigenvalue weighted by Crippen LogP contribution is 2.36. The molecule has 0 N–H and O–H groups in total. The first-order valence-electron chi connectivity index (χ1n) is 5.92. The summed E-state index contributed by atoms with van der Waals surface area (Å²) in [7, 11) is 3.46. The number of ether oxygens (including phenoxy) is 1. The maximum absolute atomic E-state index is 9.04. The average Bonchev–Trinajstić information content (AvgIpc) is 2.72. The minimum atomic E-state index is 0.376. The summed E-state index contributed by atoms with van der Waals surface area (Å²) in [5.74, 6) is 0.769. The van der Waals surface area contributed by atoms with Crippen LogP contribution in [-0.2, 0) is 13.5 Å². The zero-order valence-electron chi connectivity index (χ0n) is 11.1. The number of rotatable bonds is 3. The summed E-state index contributed by atoms with van der Waals surface area (Å²) < 4.78 is 7.80. The van der Waals surface area contributed by atoms with Crippen molar-refractivity contribution in [1.29, 1.82) is 5.26 Å². The first-order valence-corrected chi connectivity index (χ1v) is 6.71. The molecule has 0 unspecified atom stereocenters. The van der Waals surface area contributed by atoms with Crippen LogP contribution < -0.4 is 4.74 Å². The van der Waals surface area contributed by atoms with Crippen molar-refractivity contribution in [2.75, 3.05) is 7.11 Å². The quantitative estimate of drug-likeness (QED) is 0.872. The van der Waals surface area contributed by atoms with Crippen LogP contribution in [-0.4, -0.2) is 16.9 Å². The fraction of sp³-hybridized carbons (Fsp3) is 0.286. The number of hydrogen-bond donors (Lipinski definition) is 0. The smallest absolute Gasteiger partial charge is 0.177 e. The highest BCUT2D eigenvalue weighted by atomic mass is 79.9. The Hall–Kier alpha value is -1.80. The summed E-state index contributed by atoms with van der Waals surface area (Å²) in [4.78, 5) is 0. The highest BCUT2D eigenvalue weighted by molar-refractivity contribution is 9.10. The third-order valence-corrected chi connectivity index (χ3v) is 3.77. The molecule has 0 atom stereocenters. The summed E-state index contributed by atoms with van der Waals surface area (Å²) in [5.41, 5.74) is 3.37. The monoisotopic (exact) mass is 319 g/mol. The van der Waals surface area contributed by atoms with Gasteiger partial charge in [0.2, 0.25) is 0 Å². The van der Waals surface area contributed by atoms with E-state index in [0.29, 0.717) is 10.2 Å². The molecule has 0 amide bonds. The Kier molecular flexibility index (Phi) is 3.91. The standard InChI is InChI=1S/C14H14BrN3O/c1-4-9-5-6-12(19-3)10(7-9)14-13(15)11(8-16)17-18(14)2/h5-7H,4H2,1-3H3. The number of aromatic nitrogens is 2. The van der Waals surface area contributed by atoms with E-state index in [1.165, 1.54) is 5.56 Å². The Morgan fingerprint density at radius 3 is 2.74 bits per heavy atom. The Labute approximate surface area is 120 Å². The van der Waals surface area contributed by atoms with Crippen LogP contribution in [0, 0.1) is 11.3 Å². The molecule has 5 heteroatoms. The van der Waals surface area contributed by atoms with E-state index in [0.717, 1.165) is 23.4 Å². The number of aryl methyl sites for hydroxylation is 2. The van der Waals surface area contributed by atoms with E-state index in [9.17, 15) is 0 Å². The van der Waals surface area contributed by atoms with E-state index in [2.05, 4.69) is 40.1 Å². The third kappa shape index (κ3) is 2.36. The Bertz CT molecular complexity index is 655. The van der Waals surface area contributed by atoms with Crippen LogP contribution in [0.5, 0.6) is 5.75 Å². The second kappa shape index (κ2) is 5.45. The molecule has 0 radical (unpaired) electrons. The van der Waals surface area contributed by atoms with Crippen LogP contribution >= 0.6 is 15.9 Å². The van der Waals surface area contributed by atoms with Gasteiger partial charge in [-0.25, -0.2) is 0 Å². The van der Waals surface area contributed by atoms with Crippen LogP contribution in [0.1, 0.15) is 18.2 Å². The largest absolute Gasteiger partial charge is 0.496 e. The van der Waals surface area contributed by atoms with Crippen molar-refractivity contribution in [3.63, 3.8) is 0 Å². The molecule has 0 saturated heterocycles. The van der Waals surface area contributed by atoms with E-state index >= 15 is 0 Å². The molecule has 0 aliphatic carbocycles. The SMILES string of the molecule is CCc1ccc(OC)c(-c2c(Br)c(C#N)nn2C)c1. The van der Waals surface area contributed by atoms with E-state index in [1.54, 1.807) is 11.8 Å². The van der Waals surface area contributed by atoms with Crippen LogP contribution in [0.25, 0.3) is 11.3 Å². The topological polar surface area (TPSA) is 50.8 Å². The molecule has 1 aromatic carbocycles. The van der Waals surface area contributed by atoms with Gasteiger partial charge in [-0.05, 0) is 40.0 Å². The van der Waals surface area contributed by atoms with Gasteiger partial charge in [0, 0.05) is 12.6 Å². The van der Waals surface area contributed by atoms with Crippen LogP contribution in [0.15, 0.2) is 22.7 Å². The number of benzene rings is 1. The van der Waals surface area contributed by atoms with Crippen LogP contribution in [0.4, 0.5) is 0 Å². The second-order valence-corrected chi connectivity index (χ2v) is 4.93.